The maximum atomic E-state index is 2.63. The van der Waals surface area contributed by atoms with E-state index in [2.05, 4.69) is 38.1 Å². The lowest BCUT2D eigenvalue weighted by atomic mass is 10.1. The predicted molar refractivity (Wildman–Crippen MR) is 50.4 cm³/mol. The Bertz CT molecular complexity index is 85.5. The van der Waals surface area contributed by atoms with Gasteiger partial charge < -0.3 is 4.23 Å². The Morgan fingerprint density at radius 3 is 1.56 bits per heavy atom. The highest BCUT2D eigenvalue weighted by Gasteiger charge is 2.18. The van der Waals surface area contributed by atoms with Crippen molar-refractivity contribution in [3.63, 3.8) is 0 Å². The molecule has 0 fully saturated rings. The Labute approximate surface area is 63.6 Å². The van der Waals surface area contributed by atoms with Crippen molar-refractivity contribution < 1.29 is 0 Å². The van der Waals surface area contributed by atoms with E-state index < -0.39 is 8.96 Å². The molecule has 0 aliphatic rings. The summed E-state index contributed by atoms with van der Waals surface area (Å²) < 4.78 is 2.63. The van der Waals surface area contributed by atoms with E-state index in [0.29, 0.717) is 5.54 Å². The Morgan fingerprint density at radius 1 is 1.22 bits per heavy atom. The maximum absolute atomic E-state index is 2.63. The molecule has 3 heteroatoms. The number of nitrogens with zero attached hydrogens (tertiary/aromatic N) is 1. The predicted octanol–water partition coefficient (Wildman–Crippen LogP) is 0.351. The van der Waals surface area contributed by atoms with E-state index in [1.165, 1.54) is 10.4 Å². The van der Waals surface area contributed by atoms with E-state index in [4.69, 9.17) is 0 Å². The molecule has 56 valence electrons. The Kier molecular flexibility index (Phi) is 3.12. The van der Waals surface area contributed by atoms with Crippen molar-refractivity contribution in [2.75, 3.05) is 0 Å². The quantitative estimate of drug-likeness (QED) is 0.502. The largest absolute Gasteiger partial charge is 0.351 e. The van der Waals surface area contributed by atoms with Gasteiger partial charge in [0.2, 0.25) is 0 Å². The molecule has 0 spiro atoms. The van der Waals surface area contributed by atoms with Crippen LogP contribution in [-0.4, -0.2) is 29.1 Å². The molecule has 0 aliphatic heterocycles. The average molecular weight is 161 g/mol. The van der Waals surface area contributed by atoms with Crippen LogP contribution < -0.4 is 0 Å². The molecule has 0 rings (SSSR count). The van der Waals surface area contributed by atoms with Crippen molar-refractivity contribution in [3.05, 3.63) is 0 Å². The van der Waals surface area contributed by atoms with Gasteiger partial charge in [-0.3, -0.25) is 0 Å². The van der Waals surface area contributed by atoms with Crippen LogP contribution in [0, 0.1) is 0 Å². The molecule has 0 amide bonds. The fraction of sp³-hybridized carbons (Fsp3) is 1.00. The average Bonchev–Trinajstić information content (AvgIpc) is 1.62. The molecular weight excluding hydrogens is 142 g/mol. The van der Waals surface area contributed by atoms with Gasteiger partial charge in [0, 0.05) is 0 Å². The van der Waals surface area contributed by atoms with Gasteiger partial charge in [0.05, 0.1) is 19.4 Å². The van der Waals surface area contributed by atoms with Crippen LogP contribution in [-0.2, 0) is 0 Å². The van der Waals surface area contributed by atoms with Crippen LogP contribution in [0.3, 0.4) is 0 Å². The van der Waals surface area contributed by atoms with Crippen LogP contribution in [0.5, 0.6) is 0 Å². The number of hydrogen-bond donors (Lipinski definition) is 0. The van der Waals surface area contributed by atoms with Crippen LogP contribution in [0.1, 0.15) is 20.8 Å². The first-order valence-corrected chi connectivity index (χ1v) is 7.30. The summed E-state index contributed by atoms with van der Waals surface area (Å²) in [5.74, 6) is 0. The molecule has 0 aliphatic carbocycles. The topological polar surface area (TPSA) is 3.24 Å². The molecular formula is C6H19NSi2. The molecule has 9 heavy (non-hydrogen) atoms. The number of rotatable bonds is 1. The van der Waals surface area contributed by atoms with E-state index in [0.717, 1.165) is 0 Å². The maximum Gasteiger partial charge on any atom is 0.0980 e. The van der Waals surface area contributed by atoms with Gasteiger partial charge >= 0.3 is 0 Å². The van der Waals surface area contributed by atoms with Crippen molar-refractivity contribution in [1.29, 1.82) is 0 Å². The first-order valence-electron chi connectivity index (χ1n) is 3.58. The van der Waals surface area contributed by atoms with Gasteiger partial charge in [-0.1, -0.05) is 13.1 Å². The van der Waals surface area contributed by atoms with E-state index in [-0.39, 0.29) is 0 Å². The standard InChI is InChI=1S/C6H19NSi2/c1-6(2,3)7(8)9(4)5/h9H,1-5,8H3. The van der Waals surface area contributed by atoms with Crippen LogP contribution in [0.15, 0.2) is 0 Å². The molecule has 0 heterocycles. The zero-order valence-electron chi connectivity index (χ0n) is 7.52. The lowest BCUT2D eigenvalue weighted by molar-refractivity contribution is 0.377. The molecule has 0 aromatic heterocycles. The van der Waals surface area contributed by atoms with Gasteiger partial charge in [-0.2, -0.15) is 0 Å². The van der Waals surface area contributed by atoms with Crippen molar-refractivity contribution in [1.82, 2.24) is 4.23 Å². The highest BCUT2D eigenvalue weighted by molar-refractivity contribution is 6.58. The Hall–Kier alpha value is 0.394. The summed E-state index contributed by atoms with van der Waals surface area (Å²) in [7, 11) is 0.733. The normalized spacial score (nSPS) is 13.7. The van der Waals surface area contributed by atoms with E-state index in [1.807, 2.05) is 0 Å². The Morgan fingerprint density at radius 2 is 1.56 bits per heavy atom. The second-order valence-electron chi connectivity index (χ2n) is 3.88. The zero-order valence-corrected chi connectivity index (χ0v) is 10.7. The summed E-state index contributed by atoms with van der Waals surface area (Å²) in [6, 6.07) is 0. The molecule has 0 radical (unpaired) electrons. The minimum absolute atomic E-state index is 0.437. The molecule has 0 aromatic carbocycles. The second-order valence-corrected chi connectivity index (χ2v) is 8.83. The molecule has 0 bridgehead atoms. The first kappa shape index (κ1) is 9.39. The van der Waals surface area contributed by atoms with Crippen LogP contribution in [0.2, 0.25) is 13.1 Å². The van der Waals surface area contributed by atoms with Gasteiger partial charge in [0.15, 0.2) is 0 Å². The van der Waals surface area contributed by atoms with Crippen molar-refractivity contribution in [2.45, 2.75) is 39.4 Å². The molecule has 0 N–H and O–H groups in total. The van der Waals surface area contributed by atoms with Crippen molar-refractivity contribution >= 4 is 19.4 Å². The van der Waals surface area contributed by atoms with Gasteiger partial charge in [0.25, 0.3) is 0 Å². The minimum atomic E-state index is -0.495. The van der Waals surface area contributed by atoms with Crippen LogP contribution >= 0.6 is 0 Å². The van der Waals surface area contributed by atoms with Gasteiger partial charge in [0.1, 0.15) is 0 Å². The van der Waals surface area contributed by atoms with Gasteiger partial charge in [-0.05, 0) is 26.3 Å². The SMILES string of the molecule is C[SiH](C)N([SiH3])C(C)(C)C. The van der Waals surface area contributed by atoms with Crippen LogP contribution in [0.25, 0.3) is 0 Å². The molecule has 1 nitrogen and oxygen atoms in total. The van der Waals surface area contributed by atoms with Crippen LogP contribution in [0.4, 0.5) is 0 Å². The molecule has 0 aromatic rings. The summed E-state index contributed by atoms with van der Waals surface area (Å²) in [6.07, 6.45) is 0. The van der Waals surface area contributed by atoms with E-state index in [9.17, 15) is 0 Å². The lowest BCUT2D eigenvalue weighted by Gasteiger charge is -2.35. The summed E-state index contributed by atoms with van der Waals surface area (Å²) >= 11 is 0. The molecule has 0 saturated carbocycles. The monoisotopic (exact) mass is 161 g/mol. The Balaban J connectivity index is 3.88. The summed E-state index contributed by atoms with van der Waals surface area (Å²) in [4.78, 5) is 0. The summed E-state index contributed by atoms with van der Waals surface area (Å²) in [5, 5.41) is 0. The number of hydrogen-bond acceptors (Lipinski definition) is 1. The zero-order chi connectivity index (χ0) is 7.65. The highest BCUT2D eigenvalue weighted by Crippen LogP contribution is 2.10. The van der Waals surface area contributed by atoms with Gasteiger partial charge in [-0.25, -0.2) is 0 Å². The minimum Gasteiger partial charge on any atom is -0.351 e. The van der Waals surface area contributed by atoms with Crippen molar-refractivity contribution in [2.24, 2.45) is 0 Å². The molecule has 0 atom stereocenters. The third kappa shape index (κ3) is 3.18. The highest BCUT2D eigenvalue weighted by atomic mass is 28.3. The van der Waals surface area contributed by atoms with Gasteiger partial charge in [-0.15, -0.1) is 0 Å². The molecule has 0 saturated heterocycles. The third-order valence-electron chi connectivity index (χ3n) is 1.83. The smallest absolute Gasteiger partial charge is 0.0980 e. The fourth-order valence-corrected chi connectivity index (χ4v) is 2.32. The van der Waals surface area contributed by atoms with E-state index in [1.54, 1.807) is 0 Å². The second kappa shape index (κ2) is 2.99. The fourth-order valence-electron chi connectivity index (χ4n) is 0.775. The molecule has 0 unspecified atom stereocenters. The summed E-state index contributed by atoms with van der Waals surface area (Å²) in [5.41, 5.74) is 0.437. The first-order chi connectivity index (χ1) is 3.85. The van der Waals surface area contributed by atoms with Crippen molar-refractivity contribution in [3.8, 4) is 0 Å². The lowest BCUT2D eigenvalue weighted by Crippen LogP contribution is -2.46. The third-order valence-corrected chi connectivity index (χ3v) is 8.60. The van der Waals surface area contributed by atoms with E-state index >= 15 is 0 Å². The summed E-state index contributed by atoms with van der Waals surface area (Å²) in [6.45, 7) is 11.7.